The minimum atomic E-state index is -1.43. The van der Waals surface area contributed by atoms with Crippen LogP contribution in [0.4, 0.5) is 11.4 Å². The Morgan fingerprint density at radius 1 is 1.12 bits per heavy atom. The lowest BCUT2D eigenvalue weighted by Gasteiger charge is -2.33. The fourth-order valence-corrected chi connectivity index (χ4v) is 6.00. The van der Waals surface area contributed by atoms with Gasteiger partial charge in [0.25, 0.3) is 0 Å². The molecule has 1 amide bonds. The fraction of sp³-hybridized carbons (Fsp3) is 0.344. The number of rotatable bonds is 9. The molecule has 1 aliphatic heterocycles. The van der Waals surface area contributed by atoms with Crippen molar-refractivity contribution in [2.24, 2.45) is 7.05 Å². The van der Waals surface area contributed by atoms with Gasteiger partial charge in [0.1, 0.15) is 11.4 Å². The van der Waals surface area contributed by atoms with Crippen LogP contribution in [0.5, 0.6) is 5.75 Å². The summed E-state index contributed by atoms with van der Waals surface area (Å²) in [6.45, 7) is 9.42. The summed E-state index contributed by atoms with van der Waals surface area (Å²) in [5.41, 5.74) is 4.17. The minimum absolute atomic E-state index is 0.231. The number of fused-ring (bicyclic) bond motifs is 2. The number of amides is 1. The van der Waals surface area contributed by atoms with E-state index in [9.17, 15) is 9.59 Å². The van der Waals surface area contributed by atoms with E-state index in [4.69, 9.17) is 14.5 Å². The molecular formula is C32H36N4O4. The number of hydrogen-bond acceptors (Lipinski definition) is 6. The van der Waals surface area contributed by atoms with E-state index >= 15 is 0 Å². The Hall–Kier alpha value is -4.33. The van der Waals surface area contributed by atoms with E-state index in [-0.39, 0.29) is 5.91 Å². The van der Waals surface area contributed by atoms with Crippen molar-refractivity contribution < 1.29 is 19.1 Å². The van der Waals surface area contributed by atoms with Gasteiger partial charge in [-0.2, -0.15) is 0 Å². The number of nitrogens with one attached hydrogen (secondary N) is 1. The molecule has 1 aliphatic rings. The SMILES string of the molecule is CCCN(CCC)c1cc(NC(C)=O)c(C2(c3c(C)n(C)c4ccccc34)OC(=O)c3cccnc32)cc1OC. The third kappa shape index (κ3) is 4.18. The zero-order valence-electron chi connectivity index (χ0n) is 24.0. The Morgan fingerprint density at radius 2 is 1.85 bits per heavy atom. The summed E-state index contributed by atoms with van der Waals surface area (Å²) >= 11 is 0. The van der Waals surface area contributed by atoms with Gasteiger partial charge in [0, 0.05) is 61.0 Å². The number of para-hydroxylation sites is 1. The van der Waals surface area contributed by atoms with E-state index in [1.54, 1.807) is 25.4 Å². The number of aryl methyl sites for hydroxylation is 1. The van der Waals surface area contributed by atoms with Gasteiger partial charge in [-0.1, -0.05) is 32.0 Å². The second kappa shape index (κ2) is 10.7. The van der Waals surface area contributed by atoms with Crippen LogP contribution in [0.2, 0.25) is 0 Å². The zero-order valence-corrected chi connectivity index (χ0v) is 24.0. The highest BCUT2D eigenvalue weighted by atomic mass is 16.6. The van der Waals surface area contributed by atoms with Crippen molar-refractivity contribution in [2.75, 3.05) is 30.4 Å². The molecule has 40 heavy (non-hydrogen) atoms. The smallest absolute Gasteiger partial charge is 0.341 e. The van der Waals surface area contributed by atoms with E-state index < -0.39 is 11.6 Å². The number of carbonyl (C=O) groups excluding carboxylic acids is 2. The molecule has 8 nitrogen and oxygen atoms in total. The second-order valence-electron chi connectivity index (χ2n) is 10.2. The summed E-state index contributed by atoms with van der Waals surface area (Å²) in [6, 6.07) is 15.3. The molecule has 0 bridgehead atoms. The molecule has 3 heterocycles. The molecule has 0 radical (unpaired) electrons. The van der Waals surface area contributed by atoms with Crippen molar-refractivity contribution >= 4 is 34.2 Å². The molecule has 2 aromatic carbocycles. The average Bonchev–Trinajstić information content (AvgIpc) is 3.38. The maximum atomic E-state index is 13.5. The third-order valence-electron chi connectivity index (χ3n) is 7.70. The summed E-state index contributed by atoms with van der Waals surface area (Å²) in [5.74, 6) is -0.0696. The van der Waals surface area contributed by atoms with E-state index in [0.29, 0.717) is 28.3 Å². The van der Waals surface area contributed by atoms with Gasteiger partial charge in [-0.25, -0.2) is 4.79 Å². The Kier molecular flexibility index (Phi) is 7.27. The maximum Gasteiger partial charge on any atom is 0.341 e. The number of benzene rings is 2. The first-order valence-electron chi connectivity index (χ1n) is 13.8. The van der Waals surface area contributed by atoms with Gasteiger partial charge in [0.05, 0.1) is 24.0 Å². The summed E-state index contributed by atoms with van der Waals surface area (Å²) in [5, 5.41) is 3.98. The Balaban J connectivity index is 1.92. The van der Waals surface area contributed by atoms with Crippen LogP contribution in [0, 0.1) is 6.92 Å². The van der Waals surface area contributed by atoms with Gasteiger partial charge in [-0.15, -0.1) is 0 Å². The fourth-order valence-electron chi connectivity index (χ4n) is 6.00. The van der Waals surface area contributed by atoms with Gasteiger partial charge in [-0.3, -0.25) is 9.78 Å². The minimum Gasteiger partial charge on any atom is -0.495 e. The molecule has 5 rings (SSSR count). The first kappa shape index (κ1) is 27.2. The topological polar surface area (TPSA) is 85.7 Å². The van der Waals surface area contributed by atoms with Crippen LogP contribution in [-0.2, 0) is 22.2 Å². The quantitative estimate of drug-likeness (QED) is 0.265. The largest absolute Gasteiger partial charge is 0.495 e. The number of cyclic esters (lactones) is 1. The molecule has 1 unspecified atom stereocenters. The molecule has 0 aliphatic carbocycles. The standard InChI is InChI=1S/C32H36N4O4/c1-7-16-36(17-8-2)27-19-25(34-21(4)37)24(18-28(27)39-6)32(30-23(31(38)40-32)13-11-15-33-30)29-20(3)35(5)26-14-10-9-12-22(26)29/h9-15,18-19H,7-8,16-17H2,1-6H3,(H,34,37). The van der Waals surface area contributed by atoms with Gasteiger partial charge < -0.3 is 24.3 Å². The number of aromatic nitrogens is 2. The highest BCUT2D eigenvalue weighted by Crippen LogP contribution is 2.53. The molecule has 0 spiro atoms. The Bertz CT molecular complexity index is 1600. The average molecular weight is 541 g/mol. The van der Waals surface area contributed by atoms with Crippen molar-refractivity contribution in [2.45, 2.75) is 46.1 Å². The Morgan fingerprint density at radius 3 is 2.52 bits per heavy atom. The number of ether oxygens (including phenoxy) is 2. The molecule has 1 N–H and O–H groups in total. The molecule has 208 valence electrons. The molecule has 1 atom stereocenters. The van der Waals surface area contributed by atoms with Crippen molar-refractivity contribution in [1.29, 1.82) is 0 Å². The summed E-state index contributed by atoms with van der Waals surface area (Å²) in [7, 11) is 3.64. The van der Waals surface area contributed by atoms with Gasteiger partial charge >= 0.3 is 5.97 Å². The molecule has 0 saturated carbocycles. The van der Waals surface area contributed by atoms with Crippen molar-refractivity contribution in [1.82, 2.24) is 9.55 Å². The van der Waals surface area contributed by atoms with Crippen LogP contribution in [0.1, 0.15) is 66.5 Å². The van der Waals surface area contributed by atoms with Crippen LogP contribution >= 0.6 is 0 Å². The van der Waals surface area contributed by atoms with E-state index in [0.717, 1.165) is 53.8 Å². The number of pyridine rings is 1. The second-order valence-corrected chi connectivity index (χ2v) is 10.2. The number of methoxy groups -OCH3 is 1. The van der Waals surface area contributed by atoms with Crippen LogP contribution in [-0.4, -0.2) is 41.6 Å². The van der Waals surface area contributed by atoms with Crippen LogP contribution in [0.15, 0.2) is 54.7 Å². The number of hydrogen-bond donors (Lipinski definition) is 1. The normalized spacial score (nSPS) is 16.1. The molecule has 2 aromatic heterocycles. The number of nitrogens with zero attached hydrogens (tertiary/aromatic N) is 3. The third-order valence-corrected chi connectivity index (χ3v) is 7.70. The monoisotopic (exact) mass is 540 g/mol. The van der Waals surface area contributed by atoms with Crippen molar-refractivity contribution in [3.05, 3.63) is 82.8 Å². The van der Waals surface area contributed by atoms with E-state index in [1.807, 2.05) is 50.4 Å². The first-order valence-corrected chi connectivity index (χ1v) is 13.8. The van der Waals surface area contributed by atoms with Crippen LogP contribution in [0.25, 0.3) is 10.9 Å². The van der Waals surface area contributed by atoms with Crippen LogP contribution in [0.3, 0.4) is 0 Å². The predicted molar refractivity (Wildman–Crippen MR) is 157 cm³/mol. The van der Waals surface area contributed by atoms with Gasteiger partial charge in [0.15, 0.2) is 0 Å². The zero-order chi connectivity index (χ0) is 28.6. The summed E-state index contributed by atoms with van der Waals surface area (Å²) in [6.07, 6.45) is 3.58. The molecular weight excluding hydrogens is 504 g/mol. The number of anilines is 2. The van der Waals surface area contributed by atoms with E-state index in [1.165, 1.54) is 6.92 Å². The maximum absolute atomic E-state index is 13.5. The van der Waals surface area contributed by atoms with Crippen LogP contribution < -0.4 is 15.0 Å². The highest BCUT2D eigenvalue weighted by Gasteiger charge is 2.54. The van der Waals surface area contributed by atoms with Crippen molar-refractivity contribution in [3.63, 3.8) is 0 Å². The first-order chi connectivity index (χ1) is 19.3. The lowest BCUT2D eigenvalue weighted by atomic mass is 9.80. The van der Waals surface area contributed by atoms with Gasteiger partial charge in [-0.05, 0) is 50.1 Å². The van der Waals surface area contributed by atoms with E-state index in [2.05, 4.69) is 28.6 Å². The molecule has 0 saturated heterocycles. The number of esters is 1. The summed E-state index contributed by atoms with van der Waals surface area (Å²) in [4.78, 5) is 33.1. The Labute approximate surface area is 234 Å². The molecule has 4 aromatic rings. The van der Waals surface area contributed by atoms with Gasteiger partial charge in [0.2, 0.25) is 11.5 Å². The van der Waals surface area contributed by atoms with Crippen molar-refractivity contribution in [3.8, 4) is 5.75 Å². The molecule has 0 fully saturated rings. The predicted octanol–water partition coefficient (Wildman–Crippen LogP) is 5.94. The lowest BCUT2D eigenvalue weighted by Crippen LogP contribution is -2.33. The highest BCUT2D eigenvalue weighted by molar-refractivity contribution is 6.00. The lowest BCUT2D eigenvalue weighted by molar-refractivity contribution is -0.114. The summed E-state index contributed by atoms with van der Waals surface area (Å²) < 4.78 is 14.5. The number of carbonyl (C=O) groups is 2. The molecule has 8 heteroatoms.